The van der Waals surface area contributed by atoms with E-state index in [2.05, 4.69) is 11.9 Å². The van der Waals surface area contributed by atoms with Gasteiger partial charge >= 0.3 is 5.97 Å². The summed E-state index contributed by atoms with van der Waals surface area (Å²) in [7, 11) is 0. The number of H-pyrrole nitrogens is 1. The van der Waals surface area contributed by atoms with Crippen LogP contribution in [-0.2, 0) is 11.2 Å². The maximum atomic E-state index is 11.2. The molecule has 0 aliphatic heterocycles. The van der Waals surface area contributed by atoms with Crippen molar-refractivity contribution in [3.63, 3.8) is 0 Å². The number of benzene rings is 1. The molecule has 20 heavy (non-hydrogen) atoms. The van der Waals surface area contributed by atoms with Crippen LogP contribution >= 0.6 is 11.6 Å². The van der Waals surface area contributed by atoms with Crippen LogP contribution in [0, 0.1) is 11.8 Å². The highest BCUT2D eigenvalue weighted by Gasteiger charge is 2.35. The van der Waals surface area contributed by atoms with E-state index in [1.54, 1.807) is 0 Å². The van der Waals surface area contributed by atoms with Gasteiger partial charge in [-0.3, -0.25) is 4.79 Å². The second-order valence-corrected chi connectivity index (χ2v) is 6.26. The van der Waals surface area contributed by atoms with Crippen LogP contribution in [0.3, 0.4) is 0 Å². The predicted molar refractivity (Wildman–Crippen MR) is 80.3 cm³/mol. The number of fused-ring (bicyclic) bond motifs is 3. The average Bonchev–Trinajstić information content (AvgIpc) is 2.77. The normalized spacial score (nSPS) is 23.6. The van der Waals surface area contributed by atoms with Gasteiger partial charge in [0.2, 0.25) is 0 Å². The lowest BCUT2D eigenvalue weighted by Crippen LogP contribution is -2.29. The Morgan fingerprint density at radius 1 is 1.50 bits per heavy atom. The first-order valence-electron chi connectivity index (χ1n) is 7.02. The standard InChI is InChI=1S/C16H18ClNO2/c1-8-11(9(2)16(19)20)4-5-12-13-7-10(17)3-6-14(13)18-15(8)12/h3,6-9,11,18H,4-5H2,1-2H3,(H,19,20). The zero-order valence-electron chi connectivity index (χ0n) is 11.6. The molecule has 1 aromatic heterocycles. The number of hydrogen-bond donors (Lipinski definition) is 2. The molecule has 3 atom stereocenters. The highest BCUT2D eigenvalue weighted by atomic mass is 35.5. The Hall–Kier alpha value is -1.48. The van der Waals surface area contributed by atoms with Crippen molar-refractivity contribution >= 4 is 28.5 Å². The molecule has 0 saturated heterocycles. The minimum atomic E-state index is -0.704. The lowest BCUT2D eigenvalue weighted by molar-refractivity contribution is -0.143. The maximum absolute atomic E-state index is 11.2. The molecule has 1 aliphatic rings. The Kier molecular flexibility index (Phi) is 3.25. The van der Waals surface area contributed by atoms with Gasteiger partial charge in [0.15, 0.2) is 0 Å². The van der Waals surface area contributed by atoms with Crippen molar-refractivity contribution in [3.05, 3.63) is 34.5 Å². The largest absolute Gasteiger partial charge is 0.481 e. The number of rotatable bonds is 2. The summed E-state index contributed by atoms with van der Waals surface area (Å²) < 4.78 is 0. The molecular formula is C16H18ClNO2. The SMILES string of the molecule is CC(C(=O)O)C1CCc2c([nH]c3ccc(Cl)cc23)C1C. The molecule has 2 aromatic rings. The third-order valence-corrected chi connectivity index (χ3v) is 4.99. The van der Waals surface area contributed by atoms with Crippen LogP contribution in [0.15, 0.2) is 18.2 Å². The van der Waals surface area contributed by atoms with Crippen molar-refractivity contribution in [3.8, 4) is 0 Å². The molecule has 3 rings (SSSR count). The molecular weight excluding hydrogens is 274 g/mol. The van der Waals surface area contributed by atoms with Gasteiger partial charge in [0, 0.05) is 27.5 Å². The average molecular weight is 292 g/mol. The Morgan fingerprint density at radius 3 is 2.95 bits per heavy atom. The number of aromatic amines is 1. The number of carbonyl (C=O) groups is 1. The molecule has 2 N–H and O–H groups in total. The number of nitrogens with one attached hydrogen (secondary N) is 1. The van der Waals surface area contributed by atoms with Gasteiger partial charge in [-0.2, -0.15) is 0 Å². The van der Waals surface area contributed by atoms with Gasteiger partial charge < -0.3 is 10.1 Å². The first kappa shape index (κ1) is 13.5. The number of aromatic nitrogens is 1. The lowest BCUT2D eigenvalue weighted by atomic mass is 9.73. The minimum Gasteiger partial charge on any atom is -0.481 e. The second kappa shape index (κ2) is 4.81. The summed E-state index contributed by atoms with van der Waals surface area (Å²) in [6.45, 7) is 3.94. The van der Waals surface area contributed by atoms with E-state index in [0.717, 1.165) is 23.4 Å². The predicted octanol–water partition coefficient (Wildman–Crippen LogP) is 4.21. The molecule has 1 aromatic carbocycles. The number of aliphatic carboxylic acids is 1. The fourth-order valence-electron chi connectivity index (χ4n) is 3.54. The van der Waals surface area contributed by atoms with Gasteiger partial charge in [-0.1, -0.05) is 25.4 Å². The van der Waals surface area contributed by atoms with Crippen LogP contribution < -0.4 is 0 Å². The van der Waals surface area contributed by atoms with Crippen LogP contribution in [0.1, 0.15) is 37.4 Å². The third kappa shape index (κ3) is 2.01. The summed E-state index contributed by atoms with van der Waals surface area (Å²) >= 11 is 6.08. The van der Waals surface area contributed by atoms with Gasteiger partial charge in [-0.05, 0) is 42.5 Å². The molecule has 1 heterocycles. The summed E-state index contributed by atoms with van der Waals surface area (Å²) in [5.74, 6) is -0.600. The van der Waals surface area contributed by atoms with E-state index in [0.29, 0.717) is 0 Å². The first-order chi connectivity index (χ1) is 9.49. The van der Waals surface area contributed by atoms with E-state index in [9.17, 15) is 9.90 Å². The van der Waals surface area contributed by atoms with Crippen molar-refractivity contribution in [2.24, 2.45) is 11.8 Å². The zero-order valence-corrected chi connectivity index (χ0v) is 12.4. The Balaban J connectivity index is 2.06. The highest BCUT2D eigenvalue weighted by molar-refractivity contribution is 6.31. The molecule has 3 unspecified atom stereocenters. The van der Waals surface area contributed by atoms with Crippen molar-refractivity contribution in [2.75, 3.05) is 0 Å². The Morgan fingerprint density at radius 2 is 2.25 bits per heavy atom. The quantitative estimate of drug-likeness (QED) is 0.871. The fraction of sp³-hybridized carbons (Fsp3) is 0.438. The van der Waals surface area contributed by atoms with Crippen molar-refractivity contribution < 1.29 is 9.90 Å². The molecule has 0 bridgehead atoms. The second-order valence-electron chi connectivity index (χ2n) is 5.83. The van der Waals surface area contributed by atoms with Crippen LogP contribution in [0.4, 0.5) is 0 Å². The van der Waals surface area contributed by atoms with Crippen molar-refractivity contribution in [2.45, 2.75) is 32.6 Å². The van der Waals surface area contributed by atoms with Gasteiger partial charge in [0.1, 0.15) is 0 Å². The third-order valence-electron chi connectivity index (χ3n) is 4.76. The molecule has 4 heteroatoms. The van der Waals surface area contributed by atoms with Gasteiger partial charge in [0.05, 0.1) is 5.92 Å². The van der Waals surface area contributed by atoms with E-state index in [1.807, 2.05) is 25.1 Å². The summed E-state index contributed by atoms with van der Waals surface area (Å²) in [5.41, 5.74) is 3.59. The molecule has 0 fully saturated rings. The van der Waals surface area contributed by atoms with Crippen molar-refractivity contribution in [1.82, 2.24) is 4.98 Å². The zero-order chi connectivity index (χ0) is 14.4. The maximum Gasteiger partial charge on any atom is 0.306 e. The van der Waals surface area contributed by atoms with Gasteiger partial charge in [-0.25, -0.2) is 0 Å². The summed E-state index contributed by atoms with van der Waals surface area (Å²) in [5, 5.41) is 11.2. The van der Waals surface area contributed by atoms with Crippen LogP contribution in [0.5, 0.6) is 0 Å². The molecule has 0 saturated carbocycles. The Labute approximate surface area is 122 Å². The topological polar surface area (TPSA) is 53.1 Å². The van der Waals surface area contributed by atoms with Crippen LogP contribution in [0.25, 0.3) is 10.9 Å². The first-order valence-corrected chi connectivity index (χ1v) is 7.39. The van der Waals surface area contributed by atoms with Crippen LogP contribution in [0.2, 0.25) is 5.02 Å². The molecule has 0 spiro atoms. The summed E-state index contributed by atoms with van der Waals surface area (Å²) in [6.07, 6.45) is 1.84. The highest BCUT2D eigenvalue weighted by Crippen LogP contribution is 2.42. The van der Waals surface area contributed by atoms with Gasteiger partial charge in [-0.15, -0.1) is 0 Å². The van der Waals surface area contributed by atoms with Crippen molar-refractivity contribution in [1.29, 1.82) is 0 Å². The summed E-state index contributed by atoms with van der Waals surface area (Å²) in [4.78, 5) is 14.7. The smallest absolute Gasteiger partial charge is 0.306 e. The number of carboxylic acids is 1. The van der Waals surface area contributed by atoms with Crippen LogP contribution in [-0.4, -0.2) is 16.1 Å². The molecule has 0 radical (unpaired) electrons. The molecule has 106 valence electrons. The number of hydrogen-bond acceptors (Lipinski definition) is 1. The minimum absolute atomic E-state index is 0.184. The van der Waals surface area contributed by atoms with E-state index >= 15 is 0 Å². The van der Waals surface area contributed by atoms with E-state index < -0.39 is 5.97 Å². The number of halogens is 1. The lowest BCUT2D eigenvalue weighted by Gasteiger charge is -2.31. The number of aryl methyl sites for hydroxylation is 1. The van der Waals surface area contributed by atoms with Gasteiger partial charge in [0.25, 0.3) is 0 Å². The Bertz CT molecular complexity index is 676. The summed E-state index contributed by atoms with van der Waals surface area (Å²) in [6, 6.07) is 5.88. The fourth-order valence-corrected chi connectivity index (χ4v) is 3.71. The van der Waals surface area contributed by atoms with E-state index in [1.165, 1.54) is 16.6 Å². The van der Waals surface area contributed by atoms with E-state index in [4.69, 9.17) is 11.6 Å². The molecule has 3 nitrogen and oxygen atoms in total. The molecule has 1 aliphatic carbocycles. The monoisotopic (exact) mass is 291 g/mol. The number of carboxylic acid groups (broad SMARTS) is 1. The molecule has 0 amide bonds. The van der Waals surface area contributed by atoms with E-state index in [-0.39, 0.29) is 17.8 Å².